The molecule has 1 aliphatic rings. The second-order valence-electron chi connectivity index (χ2n) is 6.39. The van der Waals surface area contributed by atoms with Gasteiger partial charge in [-0.15, -0.1) is 0 Å². The van der Waals surface area contributed by atoms with Crippen LogP contribution in [0.5, 0.6) is 5.75 Å². The molecule has 2 aromatic carbocycles. The zero-order valence-corrected chi connectivity index (χ0v) is 15.2. The minimum Gasteiger partial charge on any atom is -0.497 e. The van der Waals surface area contributed by atoms with Crippen LogP contribution in [0.4, 0.5) is 0 Å². The highest BCUT2D eigenvalue weighted by Crippen LogP contribution is 2.34. The van der Waals surface area contributed by atoms with Crippen molar-refractivity contribution in [1.82, 2.24) is 5.01 Å². The highest BCUT2D eigenvalue weighted by atomic mass is 16.5. The third kappa shape index (κ3) is 4.53. The first kappa shape index (κ1) is 18.6. The smallest absolute Gasteiger partial charge is 0.303 e. The lowest BCUT2D eigenvalue weighted by Crippen LogP contribution is -2.27. The first-order valence-corrected chi connectivity index (χ1v) is 8.89. The summed E-state index contributed by atoms with van der Waals surface area (Å²) in [7, 11) is 1.61. The van der Waals surface area contributed by atoms with Crippen LogP contribution in [-0.2, 0) is 9.59 Å². The number of ether oxygens (including phenoxy) is 1. The maximum atomic E-state index is 12.7. The van der Waals surface area contributed by atoms with Gasteiger partial charge in [-0.05, 0) is 29.7 Å². The standard InChI is InChI=1S/C21H22N2O4/c1-27-17-10-5-9-16(13-17)19-14-18(15-7-3-2-4-8-15)22-23(19)20(24)11-6-12-21(25)26/h2-5,7-10,13,19H,6,11-12,14H2,1H3,(H,25,26)/t19-/m1/s1. The first-order chi connectivity index (χ1) is 13.1. The van der Waals surface area contributed by atoms with E-state index in [1.807, 2.05) is 54.6 Å². The van der Waals surface area contributed by atoms with Crippen molar-refractivity contribution in [2.45, 2.75) is 31.7 Å². The average molecular weight is 366 g/mol. The Morgan fingerprint density at radius 2 is 1.93 bits per heavy atom. The highest BCUT2D eigenvalue weighted by molar-refractivity contribution is 6.03. The van der Waals surface area contributed by atoms with E-state index in [9.17, 15) is 9.59 Å². The van der Waals surface area contributed by atoms with E-state index in [0.717, 1.165) is 22.6 Å². The normalized spacial score (nSPS) is 16.1. The lowest BCUT2D eigenvalue weighted by molar-refractivity contribution is -0.137. The van der Waals surface area contributed by atoms with Crippen LogP contribution >= 0.6 is 0 Å². The van der Waals surface area contributed by atoms with Crippen molar-refractivity contribution < 1.29 is 19.4 Å². The van der Waals surface area contributed by atoms with Crippen LogP contribution in [-0.4, -0.2) is 34.8 Å². The SMILES string of the molecule is COc1cccc([C@H]2CC(c3ccccc3)=NN2C(=O)CCCC(=O)O)c1. The predicted octanol–water partition coefficient (Wildman–Crippen LogP) is 3.63. The number of methoxy groups -OCH3 is 1. The van der Waals surface area contributed by atoms with Crippen LogP contribution in [0.25, 0.3) is 0 Å². The van der Waals surface area contributed by atoms with Crippen molar-refractivity contribution in [2.24, 2.45) is 5.10 Å². The number of hydrogen-bond donors (Lipinski definition) is 1. The van der Waals surface area contributed by atoms with Gasteiger partial charge in [0.15, 0.2) is 0 Å². The van der Waals surface area contributed by atoms with Crippen LogP contribution in [0.1, 0.15) is 42.9 Å². The summed E-state index contributed by atoms with van der Waals surface area (Å²) in [6.45, 7) is 0. The quantitative estimate of drug-likeness (QED) is 0.811. The van der Waals surface area contributed by atoms with Gasteiger partial charge in [0, 0.05) is 19.3 Å². The number of carbonyl (C=O) groups is 2. The molecule has 1 atom stereocenters. The third-order valence-electron chi connectivity index (χ3n) is 4.53. The van der Waals surface area contributed by atoms with Gasteiger partial charge in [0.1, 0.15) is 5.75 Å². The van der Waals surface area contributed by atoms with E-state index in [0.29, 0.717) is 12.8 Å². The topological polar surface area (TPSA) is 79.2 Å². The van der Waals surface area contributed by atoms with E-state index in [-0.39, 0.29) is 24.8 Å². The lowest BCUT2D eigenvalue weighted by Gasteiger charge is -2.22. The molecule has 1 amide bonds. The Morgan fingerprint density at radius 3 is 2.63 bits per heavy atom. The first-order valence-electron chi connectivity index (χ1n) is 8.89. The highest BCUT2D eigenvalue weighted by Gasteiger charge is 2.33. The molecular weight excluding hydrogens is 344 g/mol. The molecule has 1 heterocycles. The Hall–Kier alpha value is -3.15. The summed E-state index contributed by atoms with van der Waals surface area (Å²) < 4.78 is 5.31. The molecule has 3 rings (SSSR count). The number of amides is 1. The number of rotatable bonds is 7. The summed E-state index contributed by atoms with van der Waals surface area (Å²) in [6, 6.07) is 17.1. The molecule has 6 heteroatoms. The van der Waals surface area contributed by atoms with Crippen molar-refractivity contribution >= 4 is 17.6 Å². The molecular formula is C21H22N2O4. The van der Waals surface area contributed by atoms with Crippen molar-refractivity contribution in [2.75, 3.05) is 7.11 Å². The van der Waals surface area contributed by atoms with Crippen LogP contribution in [0.3, 0.4) is 0 Å². The number of carbonyl (C=O) groups excluding carboxylic acids is 1. The van der Waals surface area contributed by atoms with Crippen molar-refractivity contribution in [3.8, 4) is 5.75 Å². The number of nitrogens with zero attached hydrogens (tertiary/aromatic N) is 2. The molecule has 2 aromatic rings. The van der Waals surface area contributed by atoms with Gasteiger partial charge in [0.2, 0.25) is 5.91 Å². The van der Waals surface area contributed by atoms with Gasteiger partial charge in [-0.3, -0.25) is 9.59 Å². The maximum Gasteiger partial charge on any atom is 0.303 e. The predicted molar refractivity (Wildman–Crippen MR) is 102 cm³/mol. The van der Waals surface area contributed by atoms with E-state index in [1.165, 1.54) is 5.01 Å². The van der Waals surface area contributed by atoms with E-state index in [4.69, 9.17) is 9.84 Å². The van der Waals surface area contributed by atoms with E-state index < -0.39 is 5.97 Å². The molecule has 0 saturated carbocycles. The Labute approximate surface area is 158 Å². The molecule has 0 saturated heterocycles. The molecule has 27 heavy (non-hydrogen) atoms. The number of hydrogen-bond acceptors (Lipinski definition) is 4. The summed E-state index contributed by atoms with van der Waals surface area (Å²) in [4.78, 5) is 23.5. The summed E-state index contributed by atoms with van der Waals surface area (Å²) in [6.07, 6.45) is 1.02. The second kappa shape index (κ2) is 8.49. The number of carboxylic acid groups (broad SMARTS) is 1. The maximum absolute atomic E-state index is 12.7. The van der Waals surface area contributed by atoms with Crippen molar-refractivity contribution in [3.05, 3.63) is 65.7 Å². The van der Waals surface area contributed by atoms with Gasteiger partial charge in [-0.2, -0.15) is 5.10 Å². The summed E-state index contributed by atoms with van der Waals surface area (Å²) in [5.74, 6) is -0.351. The number of aliphatic carboxylic acids is 1. The fraction of sp³-hybridized carbons (Fsp3) is 0.286. The largest absolute Gasteiger partial charge is 0.497 e. The Kier molecular flexibility index (Phi) is 5.86. The molecule has 0 unspecified atom stereocenters. The average Bonchev–Trinajstić information content (AvgIpc) is 3.14. The lowest BCUT2D eigenvalue weighted by atomic mass is 9.98. The molecule has 1 N–H and O–H groups in total. The minimum atomic E-state index is -0.901. The fourth-order valence-corrected chi connectivity index (χ4v) is 3.16. The third-order valence-corrected chi connectivity index (χ3v) is 4.53. The Bertz CT molecular complexity index is 848. The van der Waals surface area contributed by atoms with Crippen LogP contribution < -0.4 is 4.74 Å². The monoisotopic (exact) mass is 366 g/mol. The summed E-state index contributed by atoms with van der Waals surface area (Å²) >= 11 is 0. The molecule has 0 aliphatic carbocycles. The van der Waals surface area contributed by atoms with Crippen LogP contribution in [0, 0.1) is 0 Å². The van der Waals surface area contributed by atoms with Gasteiger partial charge < -0.3 is 9.84 Å². The van der Waals surface area contributed by atoms with Gasteiger partial charge in [0.25, 0.3) is 0 Å². The van der Waals surface area contributed by atoms with Crippen LogP contribution in [0.15, 0.2) is 59.7 Å². The van der Waals surface area contributed by atoms with Gasteiger partial charge >= 0.3 is 5.97 Å². The molecule has 6 nitrogen and oxygen atoms in total. The zero-order valence-electron chi connectivity index (χ0n) is 15.2. The molecule has 0 spiro atoms. The second-order valence-corrected chi connectivity index (χ2v) is 6.39. The van der Waals surface area contributed by atoms with Gasteiger partial charge in [-0.1, -0.05) is 42.5 Å². The molecule has 0 aromatic heterocycles. The molecule has 0 fully saturated rings. The van der Waals surface area contributed by atoms with Gasteiger partial charge in [0.05, 0.1) is 18.9 Å². The van der Waals surface area contributed by atoms with E-state index >= 15 is 0 Å². The minimum absolute atomic E-state index is 0.0291. The molecule has 0 radical (unpaired) electrons. The van der Waals surface area contributed by atoms with Crippen LogP contribution in [0.2, 0.25) is 0 Å². The molecule has 140 valence electrons. The summed E-state index contributed by atoms with van der Waals surface area (Å²) in [5, 5.41) is 14.9. The number of carboxylic acids is 1. The molecule has 1 aliphatic heterocycles. The fourth-order valence-electron chi connectivity index (χ4n) is 3.16. The number of hydrazone groups is 1. The van der Waals surface area contributed by atoms with E-state index in [1.54, 1.807) is 7.11 Å². The van der Waals surface area contributed by atoms with Crippen molar-refractivity contribution in [1.29, 1.82) is 0 Å². The Morgan fingerprint density at radius 1 is 1.15 bits per heavy atom. The van der Waals surface area contributed by atoms with E-state index in [2.05, 4.69) is 5.10 Å². The van der Waals surface area contributed by atoms with Gasteiger partial charge in [-0.25, -0.2) is 5.01 Å². The van der Waals surface area contributed by atoms with Crippen molar-refractivity contribution in [3.63, 3.8) is 0 Å². The zero-order chi connectivity index (χ0) is 19.2. The molecule has 0 bridgehead atoms. The Balaban J connectivity index is 1.86. The summed E-state index contributed by atoms with van der Waals surface area (Å²) in [5.41, 5.74) is 2.76. The number of benzene rings is 2.